The predicted octanol–water partition coefficient (Wildman–Crippen LogP) is 8.77. The lowest BCUT2D eigenvalue weighted by molar-refractivity contribution is -0.420. The molecule has 1 heterocycles. The zero-order valence-corrected chi connectivity index (χ0v) is 34.8. The van der Waals surface area contributed by atoms with Crippen LogP contribution in [0.15, 0.2) is 12.2 Å². The van der Waals surface area contributed by atoms with E-state index in [1.807, 2.05) is 0 Å². The SMILES string of the molecule is CCCCCCCCCCCCCCCC(=O)OCC(COP([O-])OC[NH3+])OC(=O)CCCCCCCCCCCCCCC.CN1C(=O)C=CC1=O. The summed E-state index contributed by atoms with van der Waals surface area (Å²) in [4.78, 5) is 58.3. The Bertz CT molecular complexity index is 919. The third-order valence-electron chi connectivity index (χ3n) is 9.29. The van der Waals surface area contributed by atoms with Gasteiger partial charge in [-0.05, 0) is 12.8 Å². The number of likely N-dealkylation sites (N-methyl/N-ethyl adjacent to an activating group) is 1. The minimum atomic E-state index is -2.36. The van der Waals surface area contributed by atoms with Crippen molar-refractivity contribution >= 4 is 32.4 Å². The van der Waals surface area contributed by atoms with Crippen LogP contribution in [0.1, 0.15) is 194 Å². The maximum absolute atomic E-state index is 12.4. The molecule has 12 heteroatoms. The molecule has 0 aromatic carbocycles. The van der Waals surface area contributed by atoms with Gasteiger partial charge in [0.25, 0.3) is 11.8 Å². The van der Waals surface area contributed by atoms with Crippen molar-refractivity contribution in [3.05, 3.63) is 12.2 Å². The van der Waals surface area contributed by atoms with Gasteiger partial charge in [0, 0.05) is 32.0 Å². The van der Waals surface area contributed by atoms with Crippen molar-refractivity contribution in [1.29, 1.82) is 0 Å². The second-order valence-electron chi connectivity index (χ2n) is 14.2. The molecule has 53 heavy (non-hydrogen) atoms. The molecule has 0 bridgehead atoms. The number of quaternary nitrogens is 1. The summed E-state index contributed by atoms with van der Waals surface area (Å²) >= 11 is 0. The molecular formula is C41H77N2O9P. The molecule has 2 atom stereocenters. The van der Waals surface area contributed by atoms with Crippen molar-refractivity contribution in [3.63, 3.8) is 0 Å². The van der Waals surface area contributed by atoms with Crippen LogP contribution in [0.5, 0.6) is 0 Å². The van der Waals surface area contributed by atoms with Crippen molar-refractivity contribution in [2.24, 2.45) is 0 Å². The number of nitrogens with zero attached hydrogens (tertiary/aromatic N) is 1. The fourth-order valence-corrected chi connectivity index (χ4v) is 6.44. The zero-order valence-electron chi connectivity index (χ0n) is 33.9. The maximum Gasteiger partial charge on any atom is 0.306 e. The van der Waals surface area contributed by atoms with Crippen molar-refractivity contribution in [2.45, 2.75) is 200 Å². The van der Waals surface area contributed by atoms with E-state index in [9.17, 15) is 24.1 Å². The molecule has 1 aliphatic heterocycles. The quantitative estimate of drug-likeness (QED) is 0.0216. The molecule has 3 N–H and O–H groups in total. The number of unbranched alkanes of at least 4 members (excludes halogenated alkanes) is 24. The number of esters is 2. The fourth-order valence-electron chi connectivity index (χ4n) is 5.92. The first-order valence-electron chi connectivity index (χ1n) is 21.1. The molecule has 0 aromatic rings. The lowest BCUT2D eigenvalue weighted by Crippen LogP contribution is -2.51. The summed E-state index contributed by atoms with van der Waals surface area (Å²) in [6.45, 7) is 4.24. The standard InChI is InChI=1S/C36H71NO7P.C5H5NO2/c1-3-5-7-9-11-13-15-17-19-21-23-25-27-29-35(38)41-31-34(32-42-45(40)43-33-37)44-36(39)30-28-26-24-22-20-18-16-14-12-10-8-6-4-2;1-6-4(7)2-3-5(6)8/h34H,3-33,37H2,1-2H3;2-3H,1H3/q-1;/p+1. The van der Waals surface area contributed by atoms with Gasteiger partial charge in [0.15, 0.2) is 12.8 Å². The number of amides is 2. The summed E-state index contributed by atoms with van der Waals surface area (Å²) in [5.74, 6) is -1.15. The third-order valence-corrected chi connectivity index (χ3v) is 10.0. The molecule has 2 unspecified atom stereocenters. The topological polar surface area (TPSA) is 159 Å². The van der Waals surface area contributed by atoms with E-state index in [-0.39, 0.29) is 43.7 Å². The zero-order chi connectivity index (χ0) is 39.2. The van der Waals surface area contributed by atoms with E-state index in [1.165, 1.54) is 148 Å². The third kappa shape index (κ3) is 34.3. The minimum absolute atomic E-state index is 0.00676. The van der Waals surface area contributed by atoms with Crippen LogP contribution in [0.2, 0.25) is 0 Å². The fraction of sp³-hybridized carbons (Fsp3) is 0.854. The molecule has 0 spiro atoms. The summed E-state index contributed by atoms with van der Waals surface area (Å²) in [5, 5.41) is 0. The van der Waals surface area contributed by atoms with Gasteiger partial charge in [-0.1, -0.05) is 168 Å². The summed E-state index contributed by atoms with van der Waals surface area (Å²) < 4.78 is 20.9. The van der Waals surface area contributed by atoms with Crippen LogP contribution in [0.25, 0.3) is 0 Å². The van der Waals surface area contributed by atoms with E-state index in [0.29, 0.717) is 12.8 Å². The first-order valence-corrected chi connectivity index (χ1v) is 22.2. The van der Waals surface area contributed by atoms with Crippen molar-refractivity contribution in [3.8, 4) is 0 Å². The van der Waals surface area contributed by atoms with Crippen LogP contribution < -0.4 is 10.6 Å². The first-order chi connectivity index (χ1) is 25.7. The van der Waals surface area contributed by atoms with Crippen LogP contribution in [0, 0.1) is 0 Å². The van der Waals surface area contributed by atoms with E-state index in [4.69, 9.17) is 18.5 Å². The molecule has 1 aliphatic rings. The van der Waals surface area contributed by atoms with Gasteiger partial charge < -0.3 is 24.6 Å². The summed E-state index contributed by atoms with van der Waals surface area (Å²) in [5.41, 5.74) is 3.48. The normalized spacial score (nSPS) is 13.6. The van der Waals surface area contributed by atoms with Crippen LogP contribution in [0.3, 0.4) is 0 Å². The Labute approximate surface area is 323 Å². The Morgan fingerprint density at radius 1 is 0.604 bits per heavy atom. The molecule has 310 valence electrons. The van der Waals surface area contributed by atoms with Gasteiger partial charge in [0.2, 0.25) is 0 Å². The highest BCUT2D eigenvalue weighted by atomic mass is 31.2. The number of carbonyl (C=O) groups is 4. The second kappa shape index (κ2) is 38.4. The van der Waals surface area contributed by atoms with Gasteiger partial charge in [-0.25, -0.2) is 0 Å². The number of ether oxygens (including phenoxy) is 2. The maximum atomic E-state index is 12.4. The Morgan fingerprint density at radius 3 is 1.30 bits per heavy atom. The highest BCUT2D eigenvalue weighted by Gasteiger charge is 2.19. The number of hydrogen-bond donors (Lipinski definition) is 1. The van der Waals surface area contributed by atoms with E-state index < -0.39 is 14.7 Å². The van der Waals surface area contributed by atoms with Gasteiger partial charge in [0.05, 0.1) is 15.2 Å². The number of imide groups is 1. The molecular weight excluding hydrogens is 695 g/mol. The molecule has 0 saturated heterocycles. The van der Waals surface area contributed by atoms with Gasteiger partial charge in [-0.3, -0.25) is 28.6 Å². The van der Waals surface area contributed by atoms with Crippen LogP contribution in [-0.4, -0.2) is 61.7 Å². The number of rotatable bonds is 36. The number of hydrogen-bond acceptors (Lipinski definition) is 9. The smallest absolute Gasteiger partial charge is 0.306 e. The second-order valence-corrected chi connectivity index (χ2v) is 15.2. The lowest BCUT2D eigenvalue weighted by Gasteiger charge is -2.24. The van der Waals surface area contributed by atoms with Gasteiger partial charge in [0.1, 0.15) is 6.61 Å². The summed E-state index contributed by atoms with van der Waals surface area (Å²) in [6.07, 6.45) is 34.7. The highest BCUT2D eigenvalue weighted by Crippen LogP contribution is 2.27. The Balaban J connectivity index is 0.00000295. The van der Waals surface area contributed by atoms with Gasteiger partial charge in [-0.2, -0.15) is 0 Å². The van der Waals surface area contributed by atoms with Crippen molar-refractivity contribution in [2.75, 3.05) is 27.0 Å². The van der Waals surface area contributed by atoms with Crippen molar-refractivity contribution < 1.29 is 48.3 Å². The molecule has 1 rings (SSSR count). The molecule has 11 nitrogen and oxygen atoms in total. The van der Waals surface area contributed by atoms with E-state index in [0.717, 1.165) is 43.4 Å². The van der Waals surface area contributed by atoms with Crippen LogP contribution in [-0.2, 0) is 37.7 Å². The van der Waals surface area contributed by atoms with E-state index in [2.05, 4.69) is 19.6 Å². The Kier molecular flexibility index (Phi) is 37.0. The molecule has 2 amide bonds. The Hall–Kier alpha value is -1.91. The first kappa shape index (κ1) is 51.1. The van der Waals surface area contributed by atoms with Crippen molar-refractivity contribution in [1.82, 2.24) is 4.90 Å². The average molecular weight is 773 g/mol. The summed E-state index contributed by atoms with van der Waals surface area (Å²) in [7, 11) is -0.912. The van der Waals surface area contributed by atoms with Crippen LogP contribution >= 0.6 is 8.60 Å². The Morgan fingerprint density at radius 2 is 0.962 bits per heavy atom. The van der Waals surface area contributed by atoms with Gasteiger partial charge in [-0.15, -0.1) is 0 Å². The highest BCUT2D eigenvalue weighted by molar-refractivity contribution is 7.39. The molecule has 0 aliphatic carbocycles. The number of carbonyl (C=O) groups excluding carboxylic acids is 4. The lowest BCUT2D eigenvalue weighted by atomic mass is 10.0. The molecule has 0 aromatic heterocycles. The summed E-state index contributed by atoms with van der Waals surface area (Å²) in [6, 6.07) is 0. The molecule has 0 radical (unpaired) electrons. The minimum Gasteiger partial charge on any atom is -0.786 e. The predicted molar refractivity (Wildman–Crippen MR) is 210 cm³/mol. The monoisotopic (exact) mass is 773 g/mol. The average Bonchev–Trinajstić information content (AvgIpc) is 3.44. The van der Waals surface area contributed by atoms with E-state index in [1.54, 1.807) is 0 Å². The molecule has 0 saturated carbocycles. The van der Waals surface area contributed by atoms with E-state index >= 15 is 0 Å². The largest absolute Gasteiger partial charge is 0.786 e. The molecule has 0 fully saturated rings. The van der Waals surface area contributed by atoms with Crippen LogP contribution in [0.4, 0.5) is 0 Å². The van der Waals surface area contributed by atoms with Gasteiger partial charge >= 0.3 is 11.9 Å².